The minimum atomic E-state index is -1.39. The molecule has 1 aromatic rings. The number of hydrogen-bond donors (Lipinski definition) is 3. The van der Waals surface area contributed by atoms with E-state index in [-0.39, 0.29) is 0 Å². The summed E-state index contributed by atoms with van der Waals surface area (Å²) in [4.78, 5) is 21.1. The van der Waals surface area contributed by atoms with Crippen molar-refractivity contribution in [1.82, 2.24) is 0 Å². The summed E-state index contributed by atoms with van der Waals surface area (Å²) >= 11 is 0. The topological polar surface area (TPSA) is 110 Å². The molecular weight excluding hydrogens is 224 g/mol. The molecule has 0 aliphatic carbocycles. The fourth-order valence-corrected chi connectivity index (χ4v) is 1.10. The summed E-state index contributed by atoms with van der Waals surface area (Å²) in [7, 11) is 0. The molecule has 0 fully saturated rings. The first kappa shape index (κ1) is 12.3. The zero-order valence-electron chi connectivity index (χ0n) is 8.54. The molecule has 0 aliphatic rings. The first-order valence-electron chi connectivity index (χ1n) is 4.48. The molecule has 1 aromatic carbocycles. The van der Waals surface area contributed by atoms with Crippen LogP contribution in [0.15, 0.2) is 36.0 Å². The third-order valence-electron chi connectivity index (χ3n) is 1.77. The number of carboxylic acid groups (broad SMARTS) is 2. The molecule has 0 saturated carbocycles. The van der Waals surface area contributed by atoms with Gasteiger partial charge in [0.05, 0.1) is 17.7 Å². The molecular formula is C11H8N2O4. The summed E-state index contributed by atoms with van der Waals surface area (Å²) in [6, 6.07) is 7.93. The lowest BCUT2D eigenvalue weighted by molar-refractivity contribution is -0.134. The number of aliphatic carboxylic acids is 2. The van der Waals surface area contributed by atoms with Crippen LogP contribution >= 0.6 is 0 Å². The molecule has 0 amide bonds. The average Bonchev–Trinajstić information content (AvgIpc) is 2.27. The van der Waals surface area contributed by atoms with Crippen molar-refractivity contribution < 1.29 is 19.8 Å². The van der Waals surface area contributed by atoms with E-state index in [0.29, 0.717) is 17.3 Å². The number of benzene rings is 1. The predicted molar refractivity (Wildman–Crippen MR) is 58.1 cm³/mol. The van der Waals surface area contributed by atoms with Gasteiger partial charge >= 0.3 is 11.9 Å². The first-order chi connectivity index (χ1) is 8.02. The van der Waals surface area contributed by atoms with Crippen molar-refractivity contribution in [3.63, 3.8) is 0 Å². The molecule has 0 aromatic heterocycles. The molecule has 86 valence electrons. The Bertz CT molecular complexity index is 529. The number of nitrogens with one attached hydrogen (secondary N) is 1. The molecule has 0 unspecified atom stereocenters. The third-order valence-corrected chi connectivity index (χ3v) is 1.77. The summed E-state index contributed by atoms with van der Waals surface area (Å²) < 4.78 is 0. The quantitative estimate of drug-likeness (QED) is 0.668. The van der Waals surface area contributed by atoms with Crippen molar-refractivity contribution in [3.8, 4) is 6.07 Å². The van der Waals surface area contributed by atoms with Gasteiger partial charge in [-0.15, -0.1) is 0 Å². The van der Waals surface area contributed by atoms with Crippen LogP contribution in [0.2, 0.25) is 0 Å². The van der Waals surface area contributed by atoms with Gasteiger partial charge < -0.3 is 15.5 Å². The van der Waals surface area contributed by atoms with Gasteiger partial charge in [-0.3, -0.25) is 0 Å². The number of nitrogens with zero attached hydrogens (tertiary/aromatic N) is 1. The minimum Gasteiger partial charge on any atom is -0.478 e. The molecule has 0 aliphatic heterocycles. The average molecular weight is 232 g/mol. The fourth-order valence-electron chi connectivity index (χ4n) is 1.10. The van der Waals surface area contributed by atoms with E-state index in [2.05, 4.69) is 5.32 Å². The maximum Gasteiger partial charge on any atom is 0.352 e. The smallest absolute Gasteiger partial charge is 0.352 e. The molecule has 0 radical (unpaired) electrons. The van der Waals surface area contributed by atoms with Gasteiger partial charge in [0.2, 0.25) is 0 Å². The monoisotopic (exact) mass is 232 g/mol. The maximum atomic E-state index is 10.7. The predicted octanol–water partition coefficient (Wildman–Crippen LogP) is 1.02. The lowest BCUT2D eigenvalue weighted by Gasteiger charge is -2.06. The van der Waals surface area contributed by atoms with Crippen molar-refractivity contribution >= 4 is 17.6 Å². The van der Waals surface area contributed by atoms with Crippen molar-refractivity contribution in [2.24, 2.45) is 0 Å². The van der Waals surface area contributed by atoms with Crippen molar-refractivity contribution in [2.45, 2.75) is 0 Å². The van der Waals surface area contributed by atoms with Crippen LogP contribution in [0.4, 0.5) is 5.69 Å². The second-order valence-electron chi connectivity index (χ2n) is 3.02. The lowest BCUT2D eigenvalue weighted by Crippen LogP contribution is -2.12. The molecule has 0 spiro atoms. The van der Waals surface area contributed by atoms with Crippen LogP contribution < -0.4 is 5.32 Å². The van der Waals surface area contributed by atoms with Gasteiger partial charge in [0, 0.05) is 5.69 Å². The van der Waals surface area contributed by atoms with Gasteiger partial charge in [0.15, 0.2) is 0 Å². The van der Waals surface area contributed by atoms with Crippen LogP contribution in [0.25, 0.3) is 0 Å². The highest BCUT2D eigenvalue weighted by Gasteiger charge is 2.09. The molecule has 0 heterocycles. The third kappa shape index (κ3) is 3.68. The Morgan fingerprint density at radius 3 is 2.59 bits per heavy atom. The van der Waals surface area contributed by atoms with Gasteiger partial charge in [-0.25, -0.2) is 9.59 Å². The highest BCUT2D eigenvalue weighted by atomic mass is 16.4. The summed E-state index contributed by atoms with van der Waals surface area (Å²) in [6.07, 6.45) is 0.543. The molecule has 17 heavy (non-hydrogen) atoms. The Hall–Kier alpha value is -2.81. The van der Waals surface area contributed by atoms with Crippen LogP contribution in [0.5, 0.6) is 0 Å². The van der Waals surface area contributed by atoms with Crippen LogP contribution in [0.1, 0.15) is 5.56 Å². The minimum absolute atomic E-state index is 0.332. The van der Waals surface area contributed by atoms with Gasteiger partial charge in [-0.1, -0.05) is 6.07 Å². The first-order valence-corrected chi connectivity index (χ1v) is 4.48. The Morgan fingerprint density at radius 1 is 1.35 bits per heavy atom. The molecule has 6 heteroatoms. The van der Waals surface area contributed by atoms with Gasteiger partial charge in [-0.2, -0.15) is 5.26 Å². The van der Waals surface area contributed by atoms with E-state index in [1.165, 1.54) is 12.1 Å². The summed E-state index contributed by atoms with van der Waals surface area (Å²) in [5, 5.41) is 28.3. The van der Waals surface area contributed by atoms with Gasteiger partial charge in [0.25, 0.3) is 0 Å². The van der Waals surface area contributed by atoms with Crippen molar-refractivity contribution in [1.29, 1.82) is 5.26 Å². The second-order valence-corrected chi connectivity index (χ2v) is 3.02. The molecule has 0 atom stereocenters. The Kier molecular flexibility index (Phi) is 3.84. The Balaban J connectivity index is 2.99. The van der Waals surface area contributed by atoms with E-state index in [9.17, 15) is 9.59 Å². The van der Waals surface area contributed by atoms with Crippen molar-refractivity contribution in [2.75, 3.05) is 5.32 Å². The van der Waals surface area contributed by atoms with Crippen LogP contribution in [-0.4, -0.2) is 22.2 Å². The number of carboxylic acids is 2. The number of nitriles is 1. The van der Waals surface area contributed by atoms with E-state index < -0.39 is 17.6 Å². The Morgan fingerprint density at radius 2 is 2.06 bits per heavy atom. The number of anilines is 1. The SMILES string of the molecule is N#Cc1cccc(NC(=CC(=O)O)C(=O)O)c1. The van der Waals surface area contributed by atoms with E-state index >= 15 is 0 Å². The Labute approximate surface area is 96.4 Å². The zero-order valence-corrected chi connectivity index (χ0v) is 8.54. The van der Waals surface area contributed by atoms with Gasteiger partial charge in [0.1, 0.15) is 5.70 Å². The normalized spacial score (nSPS) is 10.4. The zero-order chi connectivity index (χ0) is 12.8. The molecule has 6 nitrogen and oxygen atoms in total. The number of carbonyl (C=O) groups is 2. The number of rotatable bonds is 4. The summed E-state index contributed by atoms with van der Waals surface area (Å²) in [5.74, 6) is -2.76. The fraction of sp³-hybridized carbons (Fsp3) is 0. The van der Waals surface area contributed by atoms with Crippen LogP contribution in [-0.2, 0) is 9.59 Å². The molecule has 0 saturated heterocycles. The van der Waals surface area contributed by atoms with E-state index in [0.717, 1.165) is 0 Å². The molecule has 1 rings (SSSR count). The lowest BCUT2D eigenvalue weighted by atomic mass is 10.2. The molecule has 3 N–H and O–H groups in total. The molecule has 0 bridgehead atoms. The van der Waals surface area contributed by atoms with Crippen molar-refractivity contribution in [3.05, 3.63) is 41.6 Å². The van der Waals surface area contributed by atoms with Crippen LogP contribution in [0, 0.1) is 11.3 Å². The van der Waals surface area contributed by atoms with Gasteiger partial charge in [-0.05, 0) is 18.2 Å². The van der Waals surface area contributed by atoms with E-state index in [1.807, 2.05) is 6.07 Å². The summed E-state index contributed by atoms with van der Waals surface area (Å²) in [6.45, 7) is 0. The maximum absolute atomic E-state index is 10.7. The second kappa shape index (κ2) is 5.32. The van der Waals surface area contributed by atoms with E-state index in [4.69, 9.17) is 15.5 Å². The number of hydrogen-bond acceptors (Lipinski definition) is 4. The highest BCUT2D eigenvalue weighted by molar-refractivity contribution is 5.97. The summed E-state index contributed by atoms with van der Waals surface area (Å²) in [5.41, 5.74) is 0.196. The largest absolute Gasteiger partial charge is 0.478 e. The standard InChI is InChI=1S/C11H8N2O4/c12-6-7-2-1-3-8(4-7)13-9(11(16)17)5-10(14)15/h1-5,13H,(H,14,15)(H,16,17). The highest BCUT2D eigenvalue weighted by Crippen LogP contribution is 2.12. The van der Waals surface area contributed by atoms with Crippen LogP contribution in [0.3, 0.4) is 0 Å². The van der Waals surface area contributed by atoms with E-state index in [1.54, 1.807) is 12.1 Å².